The van der Waals surface area contributed by atoms with Crippen molar-refractivity contribution in [2.75, 3.05) is 11.9 Å². The maximum atomic E-state index is 11.8. The Balaban J connectivity index is 1.90. The smallest absolute Gasteiger partial charge is 0.352 e. The van der Waals surface area contributed by atoms with Crippen LogP contribution in [0.2, 0.25) is 0 Å². The predicted molar refractivity (Wildman–Crippen MR) is 79.5 cm³/mol. The monoisotopic (exact) mass is 305 g/mol. The summed E-state index contributed by atoms with van der Waals surface area (Å²) in [7, 11) is 0. The number of benzene rings is 1. The van der Waals surface area contributed by atoms with E-state index in [1.165, 1.54) is 0 Å². The number of ether oxygens (including phenoxy) is 1. The van der Waals surface area contributed by atoms with Gasteiger partial charge in [0.15, 0.2) is 11.5 Å². The molecule has 110 valence electrons. The van der Waals surface area contributed by atoms with E-state index < -0.39 is 5.97 Å². The summed E-state index contributed by atoms with van der Waals surface area (Å²) in [6, 6.07) is 5.71. The average molecular weight is 305 g/mol. The molecule has 0 aliphatic carbocycles. The van der Waals surface area contributed by atoms with Gasteiger partial charge in [0, 0.05) is 5.69 Å². The summed E-state index contributed by atoms with van der Waals surface area (Å²) in [6.07, 6.45) is 0. The number of anilines is 1. The van der Waals surface area contributed by atoms with Crippen LogP contribution >= 0.6 is 11.5 Å². The van der Waals surface area contributed by atoms with Crippen molar-refractivity contribution in [1.29, 1.82) is 0 Å². The lowest BCUT2D eigenvalue weighted by Gasteiger charge is -2.08. The Morgan fingerprint density at radius 2 is 1.86 bits per heavy atom. The lowest BCUT2D eigenvalue weighted by Crippen LogP contribution is -2.21. The summed E-state index contributed by atoms with van der Waals surface area (Å²) in [6.45, 7) is 5.21. The van der Waals surface area contributed by atoms with E-state index in [4.69, 9.17) is 4.74 Å². The Labute approximate surface area is 126 Å². The van der Waals surface area contributed by atoms with E-state index in [-0.39, 0.29) is 12.5 Å². The van der Waals surface area contributed by atoms with E-state index in [0.29, 0.717) is 16.3 Å². The minimum absolute atomic E-state index is 0.314. The molecule has 1 N–H and O–H groups in total. The van der Waals surface area contributed by atoms with Gasteiger partial charge in [-0.05, 0) is 55.6 Å². The third-order valence-electron chi connectivity index (χ3n) is 2.68. The molecule has 2 aromatic rings. The van der Waals surface area contributed by atoms with Crippen LogP contribution in [0.15, 0.2) is 18.2 Å². The molecule has 0 fully saturated rings. The minimum Gasteiger partial charge on any atom is -0.451 e. The molecule has 0 aliphatic heterocycles. The first-order valence-corrected chi connectivity index (χ1v) is 7.07. The first kappa shape index (κ1) is 15.1. The number of aromatic nitrogens is 2. The zero-order valence-electron chi connectivity index (χ0n) is 12.0. The molecule has 0 atom stereocenters. The normalized spacial score (nSPS) is 10.2. The Hall–Kier alpha value is -2.28. The summed E-state index contributed by atoms with van der Waals surface area (Å²) >= 11 is 0.950. The van der Waals surface area contributed by atoms with Gasteiger partial charge in [0.25, 0.3) is 5.91 Å². The van der Waals surface area contributed by atoms with Gasteiger partial charge < -0.3 is 10.1 Å². The standard InChI is InChI=1S/C14H15N3O3S/c1-8-4-9(2)6-11(5-8)15-12(18)7-20-14(19)13-10(3)16-17-21-13/h4-6H,7H2,1-3H3,(H,15,18). The second kappa shape index (κ2) is 6.45. The fourth-order valence-corrected chi connectivity index (χ4v) is 2.41. The summed E-state index contributed by atoms with van der Waals surface area (Å²) in [5, 5.41) is 6.41. The molecular formula is C14H15N3O3S. The van der Waals surface area contributed by atoms with Crippen molar-refractivity contribution >= 4 is 29.1 Å². The fourth-order valence-electron chi connectivity index (χ4n) is 1.86. The zero-order valence-corrected chi connectivity index (χ0v) is 12.8. The molecule has 1 aromatic carbocycles. The van der Waals surface area contributed by atoms with Crippen molar-refractivity contribution in [3.05, 3.63) is 39.9 Å². The van der Waals surface area contributed by atoms with E-state index in [0.717, 1.165) is 22.7 Å². The molecule has 1 aromatic heterocycles. The van der Waals surface area contributed by atoms with Crippen LogP contribution < -0.4 is 5.32 Å². The van der Waals surface area contributed by atoms with Gasteiger partial charge in [0.05, 0.1) is 5.69 Å². The van der Waals surface area contributed by atoms with Gasteiger partial charge in [-0.1, -0.05) is 10.6 Å². The number of carbonyl (C=O) groups excluding carboxylic acids is 2. The fraction of sp³-hybridized carbons (Fsp3) is 0.286. The van der Waals surface area contributed by atoms with Gasteiger partial charge in [0.1, 0.15) is 0 Å². The quantitative estimate of drug-likeness (QED) is 0.876. The van der Waals surface area contributed by atoms with Crippen LogP contribution in [0.5, 0.6) is 0 Å². The van der Waals surface area contributed by atoms with Gasteiger partial charge in [-0.2, -0.15) is 0 Å². The average Bonchev–Trinajstić information content (AvgIpc) is 2.81. The number of esters is 1. The number of aryl methyl sites for hydroxylation is 3. The maximum Gasteiger partial charge on any atom is 0.352 e. The molecule has 0 saturated carbocycles. The highest BCUT2D eigenvalue weighted by Crippen LogP contribution is 2.14. The number of amides is 1. The van der Waals surface area contributed by atoms with Gasteiger partial charge in [-0.3, -0.25) is 4.79 Å². The number of hydrogen-bond acceptors (Lipinski definition) is 6. The third-order valence-corrected chi connectivity index (χ3v) is 3.48. The Kier molecular flexibility index (Phi) is 4.64. The highest BCUT2D eigenvalue weighted by Gasteiger charge is 2.16. The lowest BCUT2D eigenvalue weighted by molar-refractivity contribution is -0.119. The SMILES string of the molecule is Cc1cc(C)cc(NC(=O)COC(=O)c2snnc2C)c1. The predicted octanol–water partition coefficient (Wildman–Crippen LogP) is 2.26. The second-order valence-corrected chi connectivity index (χ2v) is 5.44. The molecule has 0 aliphatic rings. The van der Waals surface area contributed by atoms with Gasteiger partial charge in [-0.25, -0.2) is 4.79 Å². The zero-order chi connectivity index (χ0) is 15.4. The van der Waals surface area contributed by atoms with Crippen molar-refractivity contribution in [2.45, 2.75) is 20.8 Å². The van der Waals surface area contributed by atoms with Crippen molar-refractivity contribution in [2.24, 2.45) is 0 Å². The topological polar surface area (TPSA) is 81.2 Å². The number of nitrogens with one attached hydrogen (secondary N) is 1. The first-order valence-electron chi connectivity index (χ1n) is 6.30. The van der Waals surface area contributed by atoms with Crippen LogP contribution in [0, 0.1) is 20.8 Å². The first-order chi connectivity index (χ1) is 9.95. The van der Waals surface area contributed by atoms with Crippen LogP contribution in [0.1, 0.15) is 26.5 Å². The van der Waals surface area contributed by atoms with Gasteiger partial charge in [-0.15, -0.1) is 5.10 Å². The van der Waals surface area contributed by atoms with Crippen LogP contribution in [-0.4, -0.2) is 28.1 Å². The van der Waals surface area contributed by atoms with Gasteiger partial charge >= 0.3 is 5.97 Å². The minimum atomic E-state index is -0.585. The highest BCUT2D eigenvalue weighted by atomic mass is 32.1. The molecule has 1 heterocycles. The van der Waals surface area contributed by atoms with Crippen LogP contribution in [0.4, 0.5) is 5.69 Å². The number of nitrogens with zero attached hydrogens (tertiary/aromatic N) is 2. The molecule has 1 amide bonds. The molecule has 2 rings (SSSR count). The van der Waals surface area contributed by atoms with Crippen molar-refractivity contribution in [3.8, 4) is 0 Å². The number of carbonyl (C=O) groups is 2. The summed E-state index contributed by atoms with van der Waals surface area (Å²) in [4.78, 5) is 23.8. The van der Waals surface area contributed by atoms with Crippen molar-refractivity contribution in [3.63, 3.8) is 0 Å². The summed E-state index contributed by atoms with van der Waals surface area (Å²) in [5.74, 6) is -0.971. The Morgan fingerprint density at radius 3 is 2.43 bits per heavy atom. The summed E-state index contributed by atoms with van der Waals surface area (Å²) in [5.41, 5.74) is 3.28. The van der Waals surface area contributed by atoms with E-state index in [1.54, 1.807) is 6.92 Å². The maximum absolute atomic E-state index is 11.8. The highest BCUT2D eigenvalue weighted by molar-refractivity contribution is 7.07. The second-order valence-electron chi connectivity index (χ2n) is 4.69. The molecule has 0 bridgehead atoms. The van der Waals surface area contributed by atoms with Crippen molar-refractivity contribution in [1.82, 2.24) is 9.59 Å². The largest absolute Gasteiger partial charge is 0.451 e. The van der Waals surface area contributed by atoms with Crippen LogP contribution in [-0.2, 0) is 9.53 Å². The van der Waals surface area contributed by atoms with Crippen LogP contribution in [0.3, 0.4) is 0 Å². The van der Waals surface area contributed by atoms with Crippen LogP contribution in [0.25, 0.3) is 0 Å². The van der Waals surface area contributed by atoms with E-state index >= 15 is 0 Å². The Morgan fingerprint density at radius 1 is 1.19 bits per heavy atom. The number of hydrogen-bond donors (Lipinski definition) is 1. The van der Waals surface area contributed by atoms with E-state index in [9.17, 15) is 9.59 Å². The molecule has 21 heavy (non-hydrogen) atoms. The van der Waals surface area contributed by atoms with Crippen molar-refractivity contribution < 1.29 is 14.3 Å². The van der Waals surface area contributed by atoms with Gasteiger partial charge in [0.2, 0.25) is 0 Å². The molecule has 0 radical (unpaired) electrons. The summed E-state index contributed by atoms with van der Waals surface area (Å²) < 4.78 is 8.59. The third kappa shape index (κ3) is 4.09. The molecular weight excluding hydrogens is 290 g/mol. The van der Waals surface area contributed by atoms with E-state index in [2.05, 4.69) is 14.9 Å². The molecule has 0 spiro atoms. The Bertz CT molecular complexity index is 662. The molecule has 0 saturated heterocycles. The molecule has 0 unspecified atom stereocenters. The number of rotatable bonds is 4. The lowest BCUT2D eigenvalue weighted by atomic mass is 10.1. The molecule has 7 heteroatoms. The molecule has 6 nitrogen and oxygen atoms in total. The van der Waals surface area contributed by atoms with E-state index in [1.807, 2.05) is 32.0 Å².